The second kappa shape index (κ2) is 5.10. The van der Waals surface area contributed by atoms with Gasteiger partial charge in [-0.3, -0.25) is 0 Å². The number of hydrogen-bond donors (Lipinski definition) is 2. The van der Waals surface area contributed by atoms with Gasteiger partial charge in [0.15, 0.2) is 0 Å². The summed E-state index contributed by atoms with van der Waals surface area (Å²) in [6.45, 7) is 6.01. The molecule has 0 amide bonds. The van der Waals surface area contributed by atoms with Crippen molar-refractivity contribution in [2.24, 2.45) is 11.7 Å². The summed E-state index contributed by atoms with van der Waals surface area (Å²) in [5.41, 5.74) is 5.86. The van der Waals surface area contributed by atoms with Crippen molar-refractivity contribution in [3.05, 3.63) is 0 Å². The molecule has 1 saturated carbocycles. The van der Waals surface area contributed by atoms with Crippen molar-refractivity contribution in [3.8, 4) is 0 Å². The third-order valence-electron chi connectivity index (χ3n) is 3.37. The Morgan fingerprint density at radius 2 is 1.86 bits per heavy atom. The first-order chi connectivity index (χ1) is 6.84. The molecule has 3 N–H and O–H groups in total. The van der Waals surface area contributed by atoms with Crippen LogP contribution in [-0.4, -0.2) is 43.7 Å². The predicted molar refractivity (Wildman–Crippen MR) is 59.2 cm³/mol. The molecular formula is C11H23N3. The molecule has 3 nitrogen and oxygen atoms in total. The molecule has 1 aliphatic heterocycles. The van der Waals surface area contributed by atoms with E-state index >= 15 is 0 Å². The van der Waals surface area contributed by atoms with Crippen molar-refractivity contribution in [1.82, 2.24) is 10.2 Å². The Kier molecular flexibility index (Phi) is 3.79. The van der Waals surface area contributed by atoms with Crippen LogP contribution < -0.4 is 11.1 Å². The van der Waals surface area contributed by atoms with Gasteiger partial charge in [0.1, 0.15) is 0 Å². The zero-order valence-electron chi connectivity index (χ0n) is 9.04. The zero-order valence-corrected chi connectivity index (χ0v) is 9.04. The summed E-state index contributed by atoms with van der Waals surface area (Å²) in [6, 6.07) is 0.464. The lowest BCUT2D eigenvalue weighted by Crippen LogP contribution is -2.42. The smallest absolute Gasteiger partial charge is 0.0107 e. The maximum Gasteiger partial charge on any atom is 0.0107 e. The molecule has 0 aromatic carbocycles. The highest BCUT2D eigenvalue weighted by molar-refractivity contribution is 4.77. The zero-order chi connectivity index (χ0) is 9.80. The Bertz CT molecular complexity index is 160. The van der Waals surface area contributed by atoms with Gasteiger partial charge in [-0.25, -0.2) is 0 Å². The highest BCUT2D eigenvalue weighted by Gasteiger charge is 2.20. The average molecular weight is 197 g/mol. The minimum Gasteiger partial charge on any atom is -0.328 e. The number of rotatable bonds is 5. The molecule has 1 heterocycles. The maximum absolute atomic E-state index is 5.86. The molecule has 0 bridgehead atoms. The van der Waals surface area contributed by atoms with E-state index in [-0.39, 0.29) is 0 Å². The second-order valence-corrected chi connectivity index (χ2v) is 4.83. The maximum atomic E-state index is 5.86. The molecule has 3 heteroatoms. The number of nitrogens with two attached hydrogens (primary N) is 1. The fraction of sp³-hybridized carbons (Fsp3) is 1.00. The van der Waals surface area contributed by atoms with E-state index in [1.165, 1.54) is 51.9 Å². The highest BCUT2D eigenvalue weighted by Crippen LogP contribution is 2.27. The molecule has 0 spiro atoms. The molecule has 82 valence electrons. The van der Waals surface area contributed by atoms with E-state index in [4.69, 9.17) is 5.73 Å². The number of likely N-dealkylation sites (tertiary alicyclic amines) is 1. The Morgan fingerprint density at radius 1 is 1.14 bits per heavy atom. The van der Waals surface area contributed by atoms with Crippen LogP contribution in [0.2, 0.25) is 0 Å². The summed E-state index contributed by atoms with van der Waals surface area (Å²) in [5.74, 6) is 1.00. The van der Waals surface area contributed by atoms with E-state index in [2.05, 4.69) is 10.2 Å². The van der Waals surface area contributed by atoms with Crippen molar-refractivity contribution in [3.63, 3.8) is 0 Å². The number of hydrogen-bond acceptors (Lipinski definition) is 3. The van der Waals surface area contributed by atoms with Crippen molar-refractivity contribution in [2.45, 2.75) is 31.7 Å². The van der Waals surface area contributed by atoms with Crippen LogP contribution in [0.3, 0.4) is 0 Å². The van der Waals surface area contributed by atoms with Gasteiger partial charge in [-0.1, -0.05) is 0 Å². The van der Waals surface area contributed by atoms with E-state index in [0.717, 1.165) is 12.5 Å². The minimum atomic E-state index is 0.464. The molecule has 0 aromatic heterocycles. The molecule has 0 unspecified atom stereocenters. The number of nitrogens with zero attached hydrogens (tertiary/aromatic N) is 1. The molecule has 0 aromatic rings. The quantitative estimate of drug-likeness (QED) is 0.627. The standard InChI is InChI=1S/C11H23N3/c12-11-3-6-14(7-4-11)8-5-13-9-10-1-2-10/h10-11,13H,1-9,12H2. The van der Waals surface area contributed by atoms with E-state index in [1.54, 1.807) is 0 Å². The summed E-state index contributed by atoms with van der Waals surface area (Å²) in [6.07, 6.45) is 5.27. The van der Waals surface area contributed by atoms with E-state index in [0.29, 0.717) is 6.04 Å². The third-order valence-corrected chi connectivity index (χ3v) is 3.37. The second-order valence-electron chi connectivity index (χ2n) is 4.83. The summed E-state index contributed by atoms with van der Waals surface area (Å²) in [4.78, 5) is 2.53. The molecule has 2 fully saturated rings. The fourth-order valence-electron chi connectivity index (χ4n) is 2.04. The van der Waals surface area contributed by atoms with Crippen LogP contribution in [0.5, 0.6) is 0 Å². The molecule has 1 aliphatic carbocycles. The Balaban J connectivity index is 1.47. The summed E-state index contributed by atoms with van der Waals surface area (Å²) >= 11 is 0. The first-order valence-electron chi connectivity index (χ1n) is 6.03. The summed E-state index contributed by atoms with van der Waals surface area (Å²) < 4.78 is 0. The SMILES string of the molecule is NC1CCN(CCNCC2CC2)CC1. The number of piperidine rings is 1. The molecule has 2 rings (SSSR count). The van der Waals surface area contributed by atoms with Crippen LogP contribution in [0.4, 0.5) is 0 Å². The summed E-state index contributed by atoms with van der Waals surface area (Å²) in [5, 5.41) is 3.53. The molecule has 1 saturated heterocycles. The van der Waals surface area contributed by atoms with Crippen LogP contribution in [0.15, 0.2) is 0 Å². The first kappa shape index (κ1) is 10.4. The molecule has 14 heavy (non-hydrogen) atoms. The van der Waals surface area contributed by atoms with Crippen LogP contribution in [0, 0.1) is 5.92 Å². The average Bonchev–Trinajstić information content (AvgIpc) is 2.99. The monoisotopic (exact) mass is 197 g/mol. The van der Waals surface area contributed by atoms with E-state index < -0.39 is 0 Å². The van der Waals surface area contributed by atoms with E-state index in [9.17, 15) is 0 Å². The minimum absolute atomic E-state index is 0.464. The van der Waals surface area contributed by atoms with Crippen molar-refractivity contribution >= 4 is 0 Å². The Morgan fingerprint density at radius 3 is 2.50 bits per heavy atom. The third kappa shape index (κ3) is 3.56. The van der Waals surface area contributed by atoms with Gasteiger partial charge in [0.05, 0.1) is 0 Å². The normalized spacial score (nSPS) is 25.5. The largest absolute Gasteiger partial charge is 0.328 e. The number of nitrogens with one attached hydrogen (secondary N) is 1. The molecular weight excluding hydrogens is 174 g/mol. The van der Waals surface area contributed by atoms with E-state index in [1.807, 2.05) is 0 Å². The topological polar surface area (TPSA) is 41.3 Å². The summed E-state index contributed by atoms with van der Waals surface area (Å²) in [7, 11) is 0. The van der Waals surface area contributed by atoms with Crippen molar-refractivity contribution in [1.29, 1.82) is 0 Å². The van der Waals surface area contributed by atoms with Crippen LogP contribution in [0.25, 0.3) is 0 Å². The van der Waals surface area contributed by atoms with Crippen molar-refractivity contribution in [2.75, 3.05) is 32.7 Å². The van der Waals surface area contributed by atoms with Gasteiger partial charge in [0.2, 0.25) is 0 Å². The fourth-order valence-corrected chi connectivity index (χ4v) is 2.04. The predicted octanol–water partition coefficient (Wildman–Crippen LogP) is 0.409. The lowest BCUT2D eigenvalue weighted by molar-refractivity contribution is 0.213. The van der Waals surface area contributed by atoms with Gasteiger partial charge in [-0.05, 0) is 51.2 Å². The molecule has 2 aliphatic rings. The Hall–Kier alpha value is -0.120. The first-order valence-corrected chi connectivity index (χ1v) is 6.03. The molecule has 0 radical (unpaired) electrons. The van der Waals surface area contributed by atoms with Gasteiger partial charge >= 0.3 is 0 Å². The van der Waals surface area contributed by atoms with Crippen LogP contribution in [0.1, 0.15) is 25.7 Å². The lowest BCUT2D eigenvalue weighted by atomic mass is 10.1. The lowest BCUT2D eigenvalue weighted by Gasteiger charge is -2.29. The molecule has 0 atom stereocenters. The van der Waals surface area contributed by atoms with Gasteiger partial charge in [0.25, 0.3) is 0 Å². The van der Waals surface area contributed by atoms with Gasteiger partial charge in [-0.15, -0.1) is 0 Å². The van der Waals surface area contributed by atoms with Crippen molar-refractivity contribution < 1.29 is 0 Å². The highest BCUT2D eigenvalue weighted by atomic mass is 15.1. The van der Waals surface area contributed by atoms with Crippen LogP contribution >= 0.6 is 0 Å². The van der Waals surface area contributed by atoms with Crippen LogP contribution in [-0.2, 0) is 0 Å². The van der Waals surface area contributed by atoms with Gasteiger partial charge in [0, 0.05) is 19.1 Å². The Labute approximate surface area is 87.0 Å². The van der Waals surface area contributed by atoms with Gasteiger partial charge in [-0.2, -0.15) is 0 Å². The van der Waals surface area contributed by atoms with Gasteiger partial charge < -0.3 is 16.0 Å².